The number of rotatable bonds is 5. The summed E-state index contributed by atoms with van der Waals surface area (Å²) in [5, 5.41) is 18.5. The molecule has 286 valence electrons. The Morgan fingerprint density at radius 3 is 1.57 bits per heavy atom. The maximum atomic E-state index is 11.2. The van der Waals surface area contributed by atoms with Crippen LogP contribution in [0, 0.1) is 0 Å². The van der Waals surface area contributed by atoms with Crippen molar-refractivity contribution < 1.29 is 53.3 Å². The number of carbonyl (C=O) groups excluding carboxylic acids is 2. The molecular formula is C40H51ILiN5O7. The van der Waals surface area contributed by atoms with Gasteiger partial charge in [-0.2, -0.15) is 0 Å². The Labute approximate surface area is 342 Å². The smallest absolute Gasteiger partial charge is 0.870 e. The van der Waals surface area contributed by atoms with Gasteiger partial charge < -0.3 is 44.8 Å². The second kappa shape index (κ2) is 24.3. The van der Waals surface area contributed by atoms with Crippen molar-refractivity contribution in [1.29, 1.82) is 0 Å². The number of hydrogen-bond donors (Lipinski definition) is 4. The first-order chi connectivity index (χ1) is 25.1. The SMILES string of the molecule is CI.CN[C@@H]1CCCC[C@H]1NC.COC(=O)c1ccc2[nH]ccc2c1.COC(=O)c1ccc2c(ccn2C)c1.Cn1ccc2cc(C(=O)O)ccc21.[Li+].[OH-]. The zero-order valence-electron chi connectivity index (χ0n) is 32.4. The molecule has 0 amide bonds. The molecule has 1 aliphatic carbocycles. The third-order valence-corrected chi connectivity index (χ3v) is 8.92. The molecule has 1 fully saturated rings. The van der Waals surface area contributed by atoms with Crippen LogP contribution in [0.15, 0.2) is 91.4 Å². The van der Waals surface area contributed by atoms with Crippen LogP contribution < -0.4 is 29.5 Å². The summed E-state index contributed by atoms with van der Waals surface area (Å²) in [4.78, 5) is 38.0. The number of H-pyrrole nitrogens is 1. The van der Waals surface area contributed by atoms with E-state index in [0.29, 0.717) is 28.8 Å². The summed E-state index contributed by atoms with van der Waals surface area (Å²) in [6.45, 7) is 0. The number of benzene rings is 3. The van der Waals surface area contributed by atoms with Crippen LogP contribution in [-0.4, -0.2) is 87.9 Å². The number of hydrogen-bond acceptors (Lipinski definition) is 8. The third kappa shape index (κ3) is 13.0. The van der Waals surface area contributed by atoms with Crippen molar-refractivity contribution >= 4 is 73.2 Å². The van der Waals surface area contributed by atoms with Crippen LogP contribution in [0.4, 0.5) is 0 Å². The van der Waals surface area contributed by atoms with E-state index in [4.69, 9.17) is 5.11 Å². The summed E-state index contributed by atoms with van der Waals surface area (Å²) in [6.07, 6.45) is 11.2. The average molecular weight is 848 g/mol. The maximum Gasteiger partial charge on any atom is 1.00 e. The van der Waals surface area contributed by atoms with E-state index in [1.54, 1.807) is 30.3 Å². The first-order valence-electron chi connectivity index (χ1n) is 16.9. The van der Waals surface area contributed by atoms with Crippen molar-refractivity contribution in [3.05, 3.63) is 108 Å². The molecule has 0 unspecified atom stereocenters. The number of carboxylic acid groups (broad SMARTS) is 1. The van der Waals surface area contributed by atoms with E-state index in [-0.39, 0.29) is 36.3 Å². The van der Waals surface area contributed by atoms with Crippen LogP contribution in [0.5, 0.6) is 0 Å². The molecule has 54 heavy (non-hydrogen) atoms. The Balaban J connectivity index is 0.000000352. The fourth-order valence-electron chi connectivity index (χ4n) is 6.06. The Bertz CT molecular complexity index is 2050. The molecule has 0 bridgehead atoms. The van der Waals surface area contributed by atoms with Crippen molar-refractivity contribution in [2.45, 2.75) is 37.8 Å². The van der Waals surface area contributed by atoms with Crippen molar-refractivity contribution in [1.82, 2.24) is 24.8 Å². The van der Waals surface area contributed by atoms with E-state index >= 15 is 0 Å². The number of esters is 2. The molecule has 14 heteroatoms. The van der Waals surface area contributed by atoms with E-state index in [9.17, 15) is 14.4 Å². The molecule has 2 atom stereocenters. The number of nitrogens with one attached hydrogen (secondary N) is 3. The molecule has 0 spiro atoms. The predicted octanol–water partition coefficient (Wildman–Crippen LogP) is 4.41. The van der Waals surface area contributed by atoms with Crippen LogP contribution >= 0.6 is 22.6 Å². The molecule has 3 heterocycles. The molecule has 1 aliphatic rings. The zero-order chi connectivity index (χ0) is 38.2. The van der Waals surface area contributed by atoms with Gasteiger partial charge in [-0.05, 0) is 105 Å². The first-order valence-corrected chi connectivity index (χ1v) is 19.1. The van der Waals surface area contributed by atoms with Gasteiger partial charge in [-0.1, -0.05) is 35.4 Å². The molecule has 0 saturated heterocycles. The Morgan fingerprint density at radius 1 is 0.704 bits per heavy atom. The Hall–Kier alpha value is -4.10. The van der Waals surface area contributed by atoms with Gasteiger partial charge in [0, 0.05) is 77.5 Å². The van der Waals surface area contributed by atoms with Gasteiger partial charge in [0.1, 0.15) is 0 Å². The largest absolute Gasteiger partial charge is 1.00 e. The molecule has 7 rings (SSSR count). The minimum absolute atomic E-state index is 0. The number of halogens is 1. The van der Waals surface area contributed by atoms with Crippen molar-refractivity contribution in [3.63, 3.8) is 0 Å². The number of likely N-dealkylation sites (N-methyl/N-ethyl adjacent to an activating group) is 2. The second-order valence-electron chi connectivity index (χ2n) is 12.0. The standard InChI is InChI=1S/C11H11NO2.2C10H9NO2.C8H18N2.CH3I.Li.H2O/c1-12-6-5-8-7-9(11(13)14-2)3-4-10(8)12;1-13-10(12)8-2-3-9-7(6-8)4-5-11-9;1-11-5-4-7-6-8(10(12)13)2-3-9(7)11;1-9-7-5-3-4-6-8(7)10-2;1-2;;/h3-7H,1-2H3;2-6,11H,1H3;2-6H,1H3,(H,12,13);7-10H,3-6H2,1-2H3;1H3;;1H2/q;;;;;+1;/p-1/t;;;7-,8-;;;/m...1.../s1. The molecule has 3 aromatic carbocycles. The van der Waals surface area contributed by atoms with Gasteiger partial charge in [-0.25, -0.2) is 14.4 Å². The van der Waals surface area contributed by atoms with Crippen LogP contribution in [0.3, 0.4) is 0 Å². The molecule has 12 nitrogen and oxygen atoms in total. The predicted molar refractivity (Wildman–Crippen MR) is 220 cm³/mol. The van der Waals surface area contributed by atoms with Gasteiger partial charge in [0.2, 0.25) is 0 Å². The average Bonchev–Trinajstić information content (AvgIpc) is 3.93. The fraction of sp³-hybridized carbons (Fsp3) is 0.325. The summed E-state index contributed by atoms with van der Waals surface area (Å²) in [5.74, 6) is -1.48. The van der Waals surface area contributed by atoms with Gasteiger partial charge in [-0.3, -0.25) is 0 Å². The monoisotopic (exact) mass is 847 g/mol. The van der Waals surface area contributed by atoms with Crippen molar-refractivity contribution in [3.8, 4) is 0 Å². The topological polar surface area (TPSA) is 170 Å². The van der Waals surface area contributed by atoms with Crippen molar-refractivity contribution in [2.75, 3.05) is 33.2 Å². The van der Waals surface area contributed by atoms with Crippen LogP contribution in [-0.2, 0) is 23.6 Å². The van der Waals surface area contributed by atoms with Crippen molar-refractivity contribution in [2.24, 2.45) is 14.1 Å². The maximum absolute atomic E-state index is 11.2. The van der Waals surface area contributed by atoms with Gasteiger partial charge in [0.25, 0.3) is 0 Å². The number of nitrogens with zero attached hydrogens (tertiary/aromatic N) is 2. The number of fused-ring (bicyclic) bond motifs is 3. The normalized spacial score (nSPS) is 14.1. The molecule has 0 radical (unpaired) electrons. The first kappa shape index (κ1) is 47.9. The van der Waals surface area contributed by atoms with Crippen LogP contribution in [0.2, 0.25) is 0 Å². The third-order valence-electron chi connectivity index (χ3n) is 8.92. The molecular weight excluding hydrogens is 796 g/mol. The van der Waals surface area contributed by atoms with E-state index in [1.165, 1.54) is 39.9 Å². The number of carboxylic acids is 1. The molecule has 0 aliphatic heterocycles. The number of methoxy groups -OCH3 is 2. The second-order valence-corrected chi connectivity index (χ2v) is 12.0. The number of aromatic carboxylic acids is 1. The summed E-state index contributed by atoms with van der Waals surface area (Å²) in [5.41, 5.74) is 4.68. The number of aromatic amines is 1. The van der Waals surface area contributed by atoms with Crippen LogP contribution in [0.1, 0.15) is 56.8 Å². The quantitative estimate of drug-likeness (QED) is 0.0851. The summed E-state index contributed by atoms with van der Waals surface area (Å²) >= 11 is 2.15. The van der Waals surface area contributed by atoms with E-state index < -0.39 is 5.97 Å². The number of ether oxygens (including phenoxy) is 2. The zero-order valence-corrected chi connectivity index (χ0v) is 34.5. The van der Waals surface area contributed by atoms with E-state index in [1.807, 2.05) is 89.2 Å². The summed E-state index contributed by atoms with van der Waals surface area (Å²) in [6, 6.07) is 23.3. The van der Waals surface area contributed by atoms with Gasteiger partial charge in [-0.15, -0.1) is 0 Å². The molecule has 5 N–H and O–H groups in total. The number of aromatic nitrogens is 3. The van der Waals surface area contributed by atoms with Gasteiger partial charge >= 0.3 is 36.8 Å². The van der Waals surface area contributed by atoms with Gasteiger partial charge in [0.05, 0.1) is 30.9 Å². The number of aryl methyl sites for hydroxylation is 2. The number of carbonyl (C=O) groups is 3. The van der Waals surface area contributed by atoms with E-state index in [2.05, 4.69) is 61.8 Å². The molecule has 1 saturated carbocycles. The van der Waals surface area contributed by atoms with Crippen LogP contribution in [0.25, 0.3) is 32.7 Å². The summed E-state index contributed by atoms with van der Waals surface area (Å²) in [7, 11) is 10.8. The minimum Gasteiger partial charge on any atom is -0.870 e. The Kier molecular flexibility index (Phi) is 21.6. The Morgan fingerprint density at radius 2 is 1.13 bits per heavy atom. The number of alkyl halides is 1. The summed E-state index contributed by atoms with van der Waals surface area (Å²) < 4.78 is 13.2. The van der Waals surface area contributed by atoms with E-state index in [0.717, 1.165) is 32.7 Å². The van der Waals surface area contributed by atoms with Gasteiger partial charge in [0.15, 0.2) is 0 Å². The minimum atomic E-state index is -0.884. The fourth-order valence-corrected chi connectivity index (χ4v) is 6.06. The molecule has 6 aromatic rings. The molecule has 3 aromatic heterocycles.